The molecule has 0 aliphatic carbocycles. The molecular weight excluding hydrogens is 282 g/mol. The standard InChI is InChI=1S/C13H16ClN3OS/c1-2-3-4-9(15)12(18)17-13-16-10-6-5-8(14)7-11(10)19-13/h5-7,9H,2-4,15H2,1H3,(H,16,17,18). The largest absolute Gasteiger partial charge is 0.320 e. The Kier molecular flexibility index (Phi) is 4.74. The number of anilines is 1. The lowest BCUT2D eigenvalue weighted by Crippen LogP contribution is -2.35. The van der Waals surface area contributed by atoms with E-state index in [4.69, 9.17) is 17.3 Å². The molecule has 6 heteroatoms. The summed E-state index contributed by atoms with van der Waals surface area (Å²) < 4.78 is 0.949. The zero-order valence-corrected chi connectivity index (χ0v) is 12.2. The number of unbranched alkanes of at least 4 members (excludes halogenated alkanes) is 1. The summed E-state index contributed by atoms with van der Waals surface area (Å²) in [6.07, 6.45) is 2.67. The third-order valence-electron chi connectivity index (χ3n) is 2.79. The SMILES string of the molecule is CCCCC(N)C(=O)Nc1nc2ccc(Cl)cc2s1. The van der Waals surface area contributed by atoms with Crippen molar-refractivity contribution in [2.24, 2.45) is 5.73 Å². The molecule has 0 aliphatic heterocycles. The Labute approximate surface area is 121 Å². The second-order valence-corrected chi connectivity index (χ2v) is 5.84. The second-order valence-electron chi connectivity index (χ2n) is 4.37. The van der Waals surface area contributed by atoms with Crippen LogP contribution in [0.25, 0.3) is 10.2 Å². The Morgan fingerprint density at radius 1 is 1.58 bits per heavy atom. The number of carbonyl (C=O) groups excluding carboxylic acids is 1. The molecule has 1 atom stereocenters. The monoisotopic (exact) mass is 297 g/mol. The molecule has 0 aliphatic rings. The van der Waals surface area contributed by atoms with Gasteiger partial charge >= 0.3 is 0 Å². The molecule has 0 radical (unpaired) electrons. The number of amides is 1. The molecule has 102 valence electrons. The Bertz CT molecular complexity index is 584. The van der Waals surface area contributed by atoms with Gasteiger partial charge < -0.3 is 11.1 Å². The Morgan fingerprint density at radius 2 is 2.37 bits per heavy atom. The smallest absolute Gasteiger partial charge is 0.243 e. The Morgan fingerprint density at radius 3 is 3.11 bits per heavy atom. The lowest BCUT2D eigenvalue weighted by Gasteiger charge is -2.09. The van der Waals surface area contributed by atoms with Crippen LogP contribution in [0.3, 0.4) is 0 Å². The van der Waals surface area contributed by atoms with Crippen molar-refractivity contribution in [3.63, 3.8) is 0 Å². The number of thiazole rings is 1. The highest BCUT2D eigenvalue weighted by Crippen LogP contribution is 2.28. The molecular formula is C13H16ClN3OS. The van der Waals surface area contributed by atoms with Crippen LogP contribution in [-0.2, 0) is 4.79 Å². The predicted molar refractivity (Wildman–Crippen MR) is 80.8 cm³/mol. The van der Waals surface area contributed by atoms with E-state index >= 15 is 0 Å². The van der Waals surface area contributed by atoms with Crippen LogP contribution >= 0.6 is 22.9 Å². The molecule has 1 aromatic heterocycles. The van der Waals surface area contributed by atoms with Crippen molar-refractivity contribution in [3.05, 3.63) is 23.2 Å². The van der Waals surface area contributed by atoms with E-state index in [0.717, 1.165) is 23.1 Å². The molecule has 2 aromatic rings. The highest BCUT2D eigenvalue weighted by Gasteiger charge is 2.14. The van der Waals surface area contributed by atoms with Crippen molar-refractivity contribution in [2.45, 2.75) is 32.2 Å². The molecule has 0 spiro atoms. The Hall–Kier alpha value is -1.17. The minimum absolute atomic E-state index is 0.182. The van der Waals surface area contributed by atoms with Gasteiger partial charge in [-0.15, -0.1) is 0 Å². The van der Waals surface area contributed by atoms with Gasteiger partial charge in [0.25, 0.3) is 0 Å². The first kappa shape index (κ1) is 14.2. The summed E-state index contributed by atoms with van der Waals surface area (Å²) in [6.45, 7) is 2.07. The fourth-order valence-corrected chi connectivity index (χ4v) is 2.85. The number of aromatic nitrogens is 1. The number of halogens is 1. The van der Waals surface area contributed by atoms with Gasteiger partial charge in [-0.2, -0.15) is 0 Å². The number of nitrogens with two attached hydrogens (primary N) is 1. The molecule has 4 nitrogen and oxygen atoms in total. The number of rotatable bonds is 5. The minimum atomic E-state index is -0.476. The number of hydrogen-bond acceptors (Lipinski definition) is 4. The van der Waals surface area contributed by atoms with Crippen molar-refractivity contribution in [2.75, 3.05) is 5.32 Å². The zero-order valence-electron chi connectivity index (χ0n) is 10.6. The van der Waals surface area contributed by atoms with Crippen LogP contribution in [0.4, 0.5) is 5.13 Å². The van der Waals surface area contributed by atoms with Crippen LogP contribution in [0.1, 0.15) is 26.2 Å². The van der Waals surface area contributed by atoms with Crippen LogP contribution in [0.2, 0.25) is 5.02 Å². The van der Waals surface area contributed by atoms with Crippen LogP contribution < -0.4 is 11.1 Å². The van der Waals surface area contributed by atoms with Crippen molar-refractivity contribution < 1.29 is 4.79 Å². The van der Waals surface area contributed by atoms with E-state index in [1.807, 2.05) is 12.1 Å². The zero-order chi connectivity index (χ0) is 13.8. The van der Waals surface area contributed by atoms with Gasteiger partial charge in [-0.05, 0) is 24.6 Å². The van der Waals surface area contributed by atoms with Gasteiger partial charge in [-0.1, -0.05) is 42.7 Å². The Balaban J connectivity index is 2.06. The van der Waals surface area contributed by atoms with Crippen molar-refractivity contribution >= 4 is 44.2 Å². The normalized spacial score (nSPS) is 12.6. The fraction of sp³-hybridized carbons (Fsp3) is 0.385. The summed E-state index contributed by atoms with van der Waals surface area (Å²) >= 11 is 7.31. The summed E-state index contributed by atoms with van der Waals surface area (Å²) in [7, 11) is 0. The maximum absolute atomic E-state index is 11.9. The number of nitrogens with zero attached hydrogens (tertiary/aromatic N) is 1. The van der Waals surface area contributed by atoms with Crippen LogP contribution in [0.5, 0.6) is 0 Å². The molecule has 0 saturated carbocycles. The molecule has 1 aromatic carbocycles. The average Bonchev–Trinajstić information content (AvgIpc) is 2.77. The molecule has 1 amide bonds. The first-order valence-corrected chi connectivity index (χ1v) is 7.42. The highest BCUT2D eigenvalue weighted by atomic mass is 35.5. The van der Waals surface area contributed by atoms with Gasteiger partial charge in [0.15, 0.2) is 5.13 Å². The van der Waals surface area contributed by atoms with E-state index in [2.05, 4.69) is 17.2 Å². The van der Waals surface area contributed by atoms with Crippen LogP contribution in [0.15, 0.2) is 18.2 Å². The third-order valence-corrected chi connectivity index (χ3v) is 3.95. The van der Waals surface area contributed by atoms with E-state index in [9.17, 15) is 4.79 Å². The lowest BCUT2D eigenvalue weighted by atomic mass is 10.1. The highest BCUT2D eigenvalue weighted by molar-refractivity contribution is 7.22. The summed E-state index contributed by atoms with van der Waals surface area (Å²) in [5.74, 6) is -0.182. The lowest BCUT2D eigenvalue weighted by molar-refractivity contribution is -0.117. The van der Waals surface area contributed by atoms with Crippen molar-refractivity contribution in [1.29, 1.82) is 0 Å². The number of nitrogens with one attached hydrogen (secondary N) is 1. The van der Waals surface area contributed by atoms with Crippen molar-refractivity contribution in [1.82, 2.24) is 4.98 Å². The molecule has 1 heterocycles. The predicted octanol–water partition coefficient (Wildman–Crippen LogP) is 3.41. The number of hydrogen-bond donors (Lipinski definition) is 2. The van der Waals surface area contributed by atoms with E-state index in [-0.39, 0.29) is 5.91 Å². The molecule has 1 unspecified atom stereocenters. The quantitative estimate of drug-likeness (QED) is 0.888. The number of benzene rings is 1. The number of carbonyl (C=O) groups is 1. The summed E-state index contributed by atoms with van der Waals surface area (Å²) in [4.78, 5) is 16.2. The van der Waals surface area contributed by atoms with E-state index in [1.54, 1.807) is 6.07 Å². The van der Waals surface area contributed by atoms with Gasteiger partial charge in [0.1, 0.15) is 0 Å². The van der Waals surface area contributed by atoms with Crippen LogP contribution in [0, 0.1) is 0 Å². The van der Waals surface area contributed by atoms with Crippen LogP contribution in [-0.4, -0.2) is 16.9 Å². The number of fused-ring (bicyclic) bond motifs is 1. The maximum Gasteiger partial charge on any atom is 0.243 e. The van der Waals surface area contributed by atoms with E-state index in [1.165, 1.54) is 11.3 Å². The maximum atomic E-state index is 11.9. The fourth-order valence-electron chi connectivity index (χ4n) is 1.71. The van der Waals surface area contributed by atoms with Crippen molar-refractivity contribution in [3.8, 4) is 0 Å². The van der Waals surface area contributed by atoms with E-state index < -0.39 is 6.04 Å². The molecule has 0 fully saturated rings. The van der Waals surface area contributed by atoms with Gasteiger partial charge in [0.2, 0.25) is 5.91 Å². The second kappa shape index (κ2) is 6.32. The van der Waals surface area contributed by atoms with Gasteiger partial charge in [-0.3, -0.25) is 4.79 Å². The molecule has 2 rings (SSSR count). The van der Waals surface area contributed by atoms with Gasteiger partial charge in [-0.25, -0.2) is 4.98 Å². The molecule has 0 bridgehead atoms. The first-order valence-electron chi connectivity index (χ1n) is 6.22. The van der Waals surface area contributed by atoms with Gasteiger partial charge in [0.05, 0.1) is 16.3 Å². The summed E-state index contributed by atoms with van der Waals surface area (Å²) in [5, 5.41) is 3.98. The summed E-state index contributed by atoms with van der Waals surface area (Å²) in [6, 6.07) is 4.97. The summed E-state index contributed by atoms with van der Waals surface area (Å²) in [5.41, 5.74) is 6.64. The minimum Gasteiger partial charge on any atom is -0.320 e. The average molecular weight is 298 g/mol. The van der Waals surface area contributed by atoms with Gasteiger partial charge in [0, 0.05) is 5.02 Å². The molecule has 19 heavy (non-hydrogen) atoms. The molecule has 0 saturated heterocycles. The third kappa shape index (κ3) is 3.65. The topological polar surface area (TPSA) is 68.0 Å². The van der Waals surface area contributed by atoms with E-state index in [0.29, 0.717) is 16.6 Å². The first-order chi connectivity index (χ1) is 9.10. The molecule has 3 N–H and O–H groups in total.